The highest BCUT2D eigenvalue weighted by Crippen LogP contribution is 2.17. The zero-order chi connectivity index (χ0) is 14.7. The summed E-state index contributed by atoms with van der Waals surface area (Å²) < 4.78 is 2.07. The van der Waals surface area contributed by atoms with Gasteiger partial charge in [0.25, 0.3) is 0 Å². The molecule has 0 aliphatic rings. The molecule has 3 nitrogen and oxygen atoms in total. The molecule has 0 fully saturated rings. The minimum Gasteiger partial charge on any atom is -0.392 e. The Balaban J connectivity index is 1.72. The summed E-state index contributed by atoms with van der Waals surface area (Å²) in [7, 11) is 0. The van der Waals surface area contributed by atoms with E-state index >= 15 is 0 Å². The van der Waals surface area contributed by atoms with Gasteiger partial charge in [0.15, 0.2) is 0 Å². The predicted molar refractivity (Wildman–Crippen MR) is 85.3 cm³/mol. The number of aliphatic hydroxyl groups is 1. The first-order valence-electron chi connectivity index (χ1n) is 7.42. The zero-order valence-corrected chi connectivity index (χ0v) is 12.2. The number of imidazole rings is 1. The summed E-state index contributed by atoms with van der Waals surface area (Å²) in [6.07, 6.45) is 4.59. The highest BCUT2D eigenvalue weighted by Gasteiger charge is 2.11. The van der Waals surface area contributed by atoms with Gasteiger partial charge in [-0.2, -0.15) is 0 Å². The van der Waals surface area contributed by atoms with Gasteiger partial charge >= 0.3 is 0 Å². The van der Waals surface area contributed by atoms with E-state index in [0.717, 1.165) is 17.9 Å². The van der Waals surface area contributed by atoms with Crippen molar-refractivity contribution < 1.29 is 5.11 Å². The van der Waals surface area contributed by atoms with Crippen molar-refractivity contribution in [1.29, 1.82) is 0 Å². The lowest BCUT2D eigenvalue weighted by Gasteiger charge is -2.12. The van der Waals surface area contributed by atoms with Crippen LogP contribution in [0.15, 0.2) is 54.9 Å². The molecule has 1 N–H and O–H groups in total. The molecular weight excluding hydrogens is 260 g/mol. The second-order valence-corrected chi connectivity index (χ2v) is 5.37. The van der Waals surface area contributed by atoms with Gasteiger partial charge < -0.3 is 9.67 Å². The number of nitrogens with zero attached hydrogens (tertiary/aromatic N) is 2. The molecule has 3 heteroatoms. The van der Waals surface area contributed by atoms with Crippen LogP contribution in [0.1, 0.15) is 18.3 Å². The van der Waals surface area contributed by atoms with Crippen LogP contribution in [0.2, 0.25) is 0 Å². The average Bonchev–Trinajstić information content (AvgIpc) is 2.94. The van der Waals surface area contributed by atoms with Gasteiger partial charge in [-0.25, -0.2) is 4.98 Å². The van der Waals surface area contributed by atoms with Crippen LogP contribution in [0.5, 0.6) is 0 Å². The minimum absolute atomic E-state index is 0.404. The molecule has 0 spiro atoms. The Bertz CT molecular complexity index is 733. The van der Waals surface area contributed by atoms with Gasteiger partial charge in [0.05, 0.1) is 6.10 Å². The Morgan fingerprint density at radius 3 is 2.71 bits per heavy atom. The second-order valence-electron chi connectivity index (χ2n) is 5.37. The molecule has 0 amide bonds. The van der Waals surface area contributed by atoms with Gasteiger partial charge in [0.1, 0.15) is 5.82 Å². The number of rotatable bonds is 5. The number of aliphatic hydroxyl groups excluding tert-OH is 1. The van der Waals surface area contributed by atoms with Crippen molar-refractivity contribution in [2.24, 2.45) is 0 Å². The molecule has 1 atom stereocenters. The molecule has 0 saturated carbocycles. The number of fused-ring (bicyclic) bond motifs is 1. The lowest BCUT2D eigenvalue weighted by atomic mass is 10.0. The van der Waals surface area contributed by atoms with Gasteiger partial charge in [0.2, 0.25) is 0 Å². The Morgan fingerprint density at radius 2 is 1.90 bits per heavy atom. The lowest BCUT2D eigenvalue weighted by molar-refractivity contribution is 0.171. The third-order valence-electron chi connectivity index (χ3n) is 3.85. The fraction of sp³-hybridized carbons (Fsp3) is 0.278. The van der Waals surface area contributed by atoms with Gasteiger partial charge in [-0.15, -0.1) is 0 Å². The Hall–Kier alpha value is -2.13. The van der Waals surface area contributed by atoms with E-state index in [1.165, 1.54) is 10.8 Å². The molecular formula is C18H20N2O. The van der Waals surface area contributed by atoms with Crippen LogP contribution in [0.3, 0.4) is 0 Å². The van der Waals surface area contributed by atoms with Crippen molar-refractivity contribution in [2.75, 3.05) is 0 Å². The van der Waals surface area contributed by atoms with Crippen LogP contribution >= 0.6 is 0 Å². The summed E-state index contributed by atoms with van der Waals surface area (Å²) in [6, 6.07) is 14.7. The molecule has 1 aromatic heterocycles. The van der Waals surface area contributed by atoms with Crippen molar-refractivity contribution in [2.45, 2.75) is 32.4 Å². The minimum atomic E-state index is -0.404. The van der Waals surface area contributed by atoms with Crippen LogP contribution in [-0.4, -0.2) is 20.8 Å². The van der Waals surface area contributed by atoms with Gasteiger partial charge in [-0.3, -0.25) is 0 Å². The summed E-state index contributed by atoms with van der Waals surface area (Å²) in [4.78, 5) is 4.32. The first-order chi connectivity index (χ1) is 10.3. The fourth-order valence-corrected chi connectivity index (χ4v) is 2.74. The number of aromatic nitrogens is 2. The Kier molecular flexibility index (Phi) is 4.02. The van der Waals surface area contributed by atoms with Crippen LogP contribution < -0.4 is 0 Å². The summed E-state index contributed by atoms with van der Waals surface area (Å²) in [5.74, 6) is 0.950. The molecule has 2 aromatic carbocycles. The van der Waals surface area contributed by atoms with Crippen molar-refractivity contribution >= 4 is 10.8 Å². The summed E-state index contributed by atoms with van der Waals surface area (Å²) in [5.41, 5.74) is 1.16. The fourth-order valence-electron chi connectivity index (χ4n) is 2.74. The van der Waals surface area contributed by atoms with Crippen LogP contribution in [0.25, 0.3) is 10.8 Å². The summed E-state index contributed by atoms with van der Waals surface area (Å²) >= 11 is 0. The van der Waals surface area contributed by atoms with Crippen molar-refractivity contribution in [1.82, 2.24) is 9.55 Å². The van der Waals surface area contributed by atoms with Crippen molar-refractivity contribution in [3.05, 3.63) is 66.2 Å². The number of aryl methyl sites for hydroxylation is 1. The van der Waals surface area contributed by atoms with E-state index < -0.39 is 6.10 Å². The topological polar surface area (TPSA) is 38.0 Å². The molecule has 1 heterocycles. The van der Waals surface area contributed by atoms with E-state index in [-0.39, 0.29) is 0 Å². The molecule has 108 valence electrons. The smallest absolute Gasteiger partial charge is 0.111 e. The molecule has 3 aromatic rings. The van der Waals surface area contributed by atoms with Crippen LogP contribution in [0, 0.1) is 0 Å². The zero-order valence-electron chi connectivity index (χ0n) is 12.2. The molecule has 0 radical (unpaired) electrons. The Labute approximate surface area is 124 Å². The van der Waals surface area contributed by atoms with Gasteiger partial charge in [-0.1, -0.05) is 42.5 Å². The molecule has 0 aliphatic heterocycles. The third-order valence-corrected chi connectivity index (χ3v) is 3.85. The molecule has 21 heavy (non-hydrogen) atoms. The van der Waals surface area contributed by atoms with E-state index in [9.17, 15) is 5.11 Å². The molecule has 3 rings (SSSR count). The summed E-state index contributed by atoms with van der Waals surface area (Å²) in [6.45, 7) is 2.97. The van der Waals surface area contributed by atoms with Gasteiger partial charge in [-0.05, 0) is 29.7 Å². The van der Waals surface area contributed by atoms with Crippen molar-refractivity contribution in [3.8, 4) is 0 Å². The van der Waals surface area contributed by atoms with Crippen LogP contribution in [0.4, 0.5) is 0 Å². The SMILES string of the molecule is CCn1ccnc1CC(O)Cc1ccc2ccccc2c1. The second kappa shape index (κ2) is 6.10. The third kappa shape index (κ3) is 3.14. The normalized spacial score (nSPS) is 12.7. The summed E-state index contributed by atoms with van der Waals surface area (Å²) in [5, 5.41) is 12.8. The number of hydrogen-bond donors (Lipinski definition) is 1. The highest BCUT2D eigenvalue weighted by molar-refractivity contribution is 5.82. The number of hydrogen-bond acceptors (Lipinski definition) is 2. The molecule has 0 bridgehead atoms. The standard InChI is InChI=1S/C18H20N2O/c1-2-20-10-9-19-18(20)13-17(21)12-14-7-8-15-5-3-4-6-16(15)11-14/h3-11,17,21H,2,12-13H2,1H3. The maximum absolute atomic E-state index is 10.3. The van der Waals surface area contributed by atoms with E-state index in [0.29, 0.717) is 12.8 Å². The molecule has 0 saturated heterocycles. The van der Waals surface area contributed by atoms with E-state index in [1.54, 1.807) is 6.20 Å². The predicted octanol–water partition coefficient (Wildman–Crippen LogP) is 3.20. The maximum atomic E-state index is 10.3. The monoisotopic (exact) mass is 280 g/mol. The highest BCUT2D eigenvalue weighted by atomic mass is 16.3. The van der Waals surface area contributed by atoms with E-state index in [1.807, 2.05) is 18.3 Å². The van der Waals surface area contributed by atoms with Crippen LogP contribution in [-0.2, 0) is 19.4 Å². The quantitative estimate of drug-likeness (QED) is 0.779. The molecule has 0 aliphatic carbocycles. The maximum Gasteiger partial charge on any atom is 0.111 e. The lowest BCUT2D eigenvalue weighted by Crippen LogP contribution is -2.17. The van der Waals surface area contributed by atoms with Crippen molar-refractivity contribution in [3.63, 3.8) is 0 Å². The first kappa shape index (κ1) is 13.8. The Morgan fingerprint density at radius 1 is 1.10 bits per heavy atom. The molecule has 1 unspecified atom stereocenters. The van der Waals surface area contributed by atoms with Gasteiger partial charge in [0, 0.05) is 25.4 Å². The average molecular weight is 280 g/mol. The largest absolute Gasteiger partial charge is 0.392 e. The number of benzene rings is 2. The first-order valence-corrected chi connectivity index (χ1v) is 7.42. The van der Waals surface area contributed by atoms with E-state index in [4.69, 9.17) is 0 Å². The van der Waals surface area contributed by atoms with E-state index in [2.05, 4.69) is 46.8 Å².